The maximum atomic E-state index is 12.1. The van der Waals surface area contributed by atoms with E-state index in [0.717, 1.165) is 5.56 Å². The molecule has 1 aromatic rings. The van der Waals surface area contributed by atoms with E-state index in [1.807, 2.05) is 30.3 Å². The average Bonchev–Trinajstić information content (AvgIpc) is 3.37. The average molecular weight is 390 g/mol. The Morgan fingerprint density at radius 2 is 1.75 bits per heavy atom. The van der Waals surface area contributed by atoms with Crippen LogP contribution in [0.4, 0.5) is 9.59 Å². The standard InChI is InChI=1S/C20H26N2O6/c1-19(2,3)28-17(24)21-15(16(23)26-4)12-20(10-11-20)22-18(25)27-13-14-8-6-5-7-9-14/h5-9,12H,10-11,13H2,1-4H3,(H,21,24)(H,22,25)/b15-12-. The summed E-state index contributed by atoms with van der Waals surface area (Å²) in [6, 6.07) is 9.28. The van der Waals surface area contributed by atoms with E-state index in [2.05, 4.69) is 10.6 Å². The zero-order chi connectivity index (χ0) is 20.8. The number of ether oxygens (including phenoxy) is 3. The van der Waals surface area contributed by atoms with Gasteiger partial charge in [0.2, 0.25) is 0 Å². The third-order valence-electron chi connectivity index (χ3n) is 3.81. The second-order valence-corrected chi connectivity index (χ2v) is 7.52. The summed E-state index contributed by atoms with van der Waals surface area (Å²) in [6.45, 7) is 5.26. The number of hydrogen-bond acceptors (Lipinski definition) is 6. The Bertz CT molecular complexity index is 748. The van der Waals surface area contributed by atoms with Crippen molar-refractivity contribution < 1.29 is 28.6 Å². The largest absolute Gasteiger partial charge is 0.464 e. The van der Waals surface area contributed by atoms with Gasteiger partial charge in [-0.3, -0.25) is 5.32 Å². The van der Waals surface area contributed by atoms with Crippen molar-refractivity contribution >= 4 is 18.2 Å². The highest BCUT2D eigenvalue weighted by molar-refractivity contribution is 5.92. The molecule has 2 amide bonds. The van der Waals surface area contributed by atoms with Crippen LogP contribution in [-0.4, -0.2) is 36.4 Å². The van der Waals surface area contributed by atoms with Gasteiger partial charge >= 0.3 is 18.2 Å². The summed E-state index contributed by atoms with van der Waals surface area (Å²) < 4.78 is 15.1. The predicted molar refractivity (Wildman–Crippen MR) is 101 cm³/mol. The fourth-order valence-corrected chi connectivity index (χ4v) is 2.35. The molecule has 0 unspecified atom stereocenters. The zero-order valence-corrected chi connectivity index (χ0v) is 16.5. The molecular weight excluding hydrogens is 364 g/mol. The summed E-state index contributed by atoms with van der Waals surface area (Å²) in [7, 11) is 1.20. The normalized spacial score (nSPS) is 15.2. The summed E-state index contributed by atoms with van der Waals surface area (Å²) in [5.41, 5.74) is -0.730. The Morgan fingerprint density at radius 1 is 1.11 bits per heavy atom. The fourth-order valence-electron chi connectivity index (χ4n) is 2.35. The van der Waals surface area contributed by atoms with Crippen molar-refractivity contribution in [2.24, 2.45) is 0 Å². The number of hydrogen-bond donors (Lipinski definition) is 2. The zero-order valence-electron chi connectivity index (χ0n) is 16.5. The van der Waals surface area contributed by atoms with Crippen molar-refractivity contribution in [2.45, 2.75) is 51.4 Å². The molecule has 2 rings (SSSR count). The number of benzene rings is 1. The molecule has 0 saturated heterocycles. The molecule has 0 atom stereocenters. The molecule has 1 aromatic carbocycles. The van der Waals surface area contributed by atoms with Crippen LogP contribution in [0.25, 0.3) is 0 Å². The van der Waals surface area contributed by atoms with Crippen molar-refractivity contribution in [3.05, 3.63) is 47.7 Å². The molecule has 1 fully saturated rings. The molecule has 0 aliphatic heterocycles. The Balaban J connectivity index is 2.00. The molecule has 1 saturated carbocycles. The van der Waals surface area contributed by atoms with E-state index in [-0.39, 0.29) is 12.3 Å². The number of alkyl carbamates (subject to hydrolysis) is 2. The van der Waals surface area contributed by atoms with Gasteiger partial charge in [0.25, 0.3) is 0 Å². The van der Waals surface area contributed by atoms with Gasteiger partial charge in [-0.25, -0.2) is 14.4 Å². The van der Waals surface area contributed by atoms with Crippen molar-refractivity contribution in [1.82, 2.24) is 10.6 Å². The molecule has 0 bridgehead atoms. The number of carbonyl (C=O) groups excluding carboxylic acids is 3. The van der Waals surface area contributed by atoms with Crippen molar-refractivity contribution in [3.63, 3.8) is 0 Å². The van der Waals surface area contributed by atoms with Crippen molar-refractivity contribution in [2.75, 3.05) is 7.11 Å². The van der Waals surface area contributed by atoms with Crippen LogP contribution in [0.3, 0.4) is 0 Å². The van der Waals surface area contributed by atoms with Crippen LogP contribution < -0.4 is 10.6 Å². The molecule has 1 aliphatic carbocycles. The van der Waals surface area contributed by atoms with Gasteiger partial charge in [-0.15, -0.1) is 0 Å². The maximum Gasteiger partial charge on any atom is 0.412 e. The molecule has 152 valence electrons. The third kappa shape index (κ3) is 6.94. The smallest absolute Gasteiger partial charge is 0.412 e. The Labute approximate surface area is 164 Å². The lowest BCUT2D eigenvalue weighted by Crippen LogP contribution is -2.39. The van der Waals surface area contributed by atoms with Crippen LogP contribution in [0.15, 0.2) is 42.1 Å². The van der Waals surface area contributed by atoms with Gasteiger partial charge in [0, 0.05) is 0 Å². The molecule has 8 nitrogen and oxygen atoms in total. The van der Waals surface area contributed by atoms with Gasteiger partial charge < -0.3 is 19.5 Å². The Morgan fingerprint density at radius 3 is 2.29 bits per heavy atom. The fraction of sp³-hybridized carbons (Fsp3) is 0.450. The van der Waals surface area contributed by atoms with E-state index in [4.69, 9.17) is 14.2 Å². The topological polar surface area (TPSA) is 103 Å². The molecule has 0 aromatic heterocycles. The van der Waals surface area contributed by atoms with E-state index in [9.17, 15) is 14.4 Å². The van der Waals surface area contributed by atoms with Crippen molar-refractivity contribution in [1.29, 1.82) is 0 Å². The summed E-state index contributed by atoms with van der Waals surface area (Å²) in [6.07, 6.45) is 1.27. The number of amides is 2. The number of esters is 1. The molecule has 1 aliphatic rings. The molecule has 0 heterocycles. The first-order chi connectivity index (χ1) is 13.1. The summed E-state index contributed by atoms with van der Waals surface area (Å²) >= 11 is 0. The van der Waals surface area contributed by atoms with E-state index in [1.54, 1.807) is 20.8 Å². The van der Waals surface area contributed by atoms with E-state index >= 15 is 0 Å². The van der Waals surface area contributed by atoms with Crippen LogP contribution in [0.1, 0.15) is 39.2 Å². The Kier molecular flexibility index (Phi) is 6.66. The van der Waals surface area contributed by atoms with Gasteiger partial charge in [-0.1, -0.05) is 30.3 Å². The minimum absolute atomic E-state index is 0.0994. The number of carbonyl (C=O) groups is 3. The van der Waals surface area contributed by atoms with Gasteiger partial charge in [-0.2, -0.15) is 0 Å². The van der Waals surface area contributed by atoms with Gasteiger partial charge in [0.15, 0.2) is 0 Å². The molecule has 2 N–H and O–H groups in total. The monoisotopic (exact) mass is 390 g/mol. The van der Waals surface area contributed by atoms with Gasteiger partial charge in [0.05, 0.1) is 12.6 Å². The lowest BCUT2D eigenvalue weighted by atomic mass is 10.2. The summed E-state index contributed by atoms with van der Waals surface area (Å²) in [4.78, 5) is 36.1. The van der Waals surface area contributed by atoms with E-state index in [0.29, 0.717) is 12.8 Å². The lowest BCUT2D eigenvalue weighted by molar-refractivity contribution is -0.136. The molecule has 0 radical (unpaired) electrons. The minimum Gasteiger partial charge on any atom is -0.464 e. The molecule has 8 heteroatoms. The molecule has 0 spiro atoms. The minimum atomic E-state index is -0.786. The lowest BCUT2D eigenvalue weighted by Gasteiger charge is -2.21. The summed E-state index contributed by atoms with van der Waals surface area (Å²) in [5.74, 6) is -0.739. The number of methoxy groups -OCH3 is 1. The van der Waals surface area contributed by atoms with Crippen LogP contribution in [-0.2, 0) is 25.6 Å². The second kappa shape index (κ2) is 8.77. The van der Waals surface area contributed by atoms with Crippen LogP contribution in [0.5, 0.6) is 0 Å². The van der Waals surface area contributed by atoms with Gasteiger partial charge in [0.1, 0.15) is 17.9 Å². The molecular formula is C20H26N2O6. The first-order valence-electron chi connectivity index (χ1n) is 8.92. The summed E-state index contributed by atoms with van der Waals surface area (Å²) in [5, 5.41) is 5.12. The quantitative estimate of drug-likeness (QED) is 0.440. The molecule has 28 heavy (non-hydrogen) atoms. The highest BCUT2D eigenvalue weighted by Crippen LogP contribution is 2.37. The maximum absolute atomic E-state index is 12.1. The third-order valence-corrected chi connectivity index (χ3v) is 3.81. The van der Waals surface area contributed by atoms with E-state index < -0.39 is 29.3 Å². The second-order valence-electron chi connectivity index (χ2n) is 7.52. The predicted octanol–water partition coefficient (Wildman–Crippen LogP) is 3.03. The van der Waals surface area contributed by atoms with Gasteiger partial charge in [-0.05, 0) is 45.3 Å². The van der Waals surface area contributed by atoms with Crippen molar-refractivity contribution in [3.8, 4) is 0 Å². The SMILES string of the molecule is COC(=O)/C(=C/C1(NC(=O)OCc2ccccc2)CC1)NC(=O)OC(C)(C)C. The Hall–Kier alpha value is -3.03. The first kappa shape index (κ1) is 21.3. The van der Waals surface area contributed by atoms with Crippen LogP contribution in [0, 0.1) is 0 Å². The van der Waals surface area contributed by atoms with Crippen LogP contribution in [0.2, 0.25) is 0 Å². The number of nitrogens with one attached hydrogen (secondary N) is 2. The number of rotatable bonds is 6. The van der Waals surface area contributed by atoms with E-state index in [1.165, 1.54) is 13.2 Å². The first-order valence-corrected chi connectivity index (χ1v) is 8.92. The highest BCUT2D eigenvalue weighted by atomic mass is 16.6. The highest BCUT2D eigenvalue weighted by Gasteiger charge is 2.44. The van der Waals surface area contributed by atoms with Crippen LogP contribution >= 0.6 is 0 Å².